The second-order valence-corrected chi connectivity index (χ2v) is 5.11. The fraction of sp³-hybridized carbons (Fsp3) is 0.375. The molecule has 0 radical (unpaired) electrons. The highest BCUT2D eigenvalue weighted by Crippen LogP contribution is 2.17. The molecule has 0 fully saturated rings. The number of hydrogen-bond donors (Lipinski definition) is 2. The van der Waals surface area contributed by atoms with Crippen molar-refractivity contribution in [3.05, 3.63) is 53.5 Å². The molecule has 104 valence electrons. The Morgan fingerprint density at radius 2 is 1.95 bits per heavy atom. The summed E-state index contributed by atoms with van der Waals surface area (Å²) in [4.78, 5) is 8.28. The van der Waals surface area contributed by atoms with Gasteiger partial charge in [0.05, 0.1) is 0 Å². The van der Waals surface area contributed by atoms with Crippen molar-refractivity contribution in [3.8, 4) is 0 Å². The van der Waals surface area contributed by atoms with Crippen LogP contribution in [0.5, 0.6) is 0 Å². The number of nitrogens with zero attached hydrogens (tertiary/aromatic N) is 2. The molecule has 0 spiro atoms. The average Bonchev–Trinajstić information content (AvgIpc) is 2.56. The first-order valence-electron chi connectivity index (χ1n) is 7.24. The molecule has 0 aliphatic carbocycles. The summed E-state index contributed by atoms with van der Waals surface area (Å²) in [6.07, 6.45) is 9.19. The molecule has 0 bridgehead atoms. The van der Waals surface area contributed by atoms with Gasteiger partial charge in [-0.1, -0.05) is 6.07 Å². The fourth-order valence-corrected chi connectivity index (χ4v) is 2.58. The van der Waals surface area contributed by atoms with Crippen LogP contribution in [0, 0.1) is 0 Å². The van der Waals surface area contributed by atoms with Crippen LogP contribution in [-0.2, 0) is 19.4 Å². The van der Waals surface area contributed by atoms with Gasteiger partial charge in [0, 0.05) is 31.7 Å². The van der Waals surface area contributed by atoms with Crippen LogP contribution >= 0.6 is 0 Å². The quantitative estimate of drug-likeness (QED) is 0.769. The highest BCUT2D eigenvalue weighted by atomic mass is 15.0. The maximum Gasteiger partial charge on any atom is 0.129 e. The normalized spacial score (nSPS) is 16.0. The van der Waals surface area contributed by atoms with E-state index in [2.05, 4.69) is 32.7 Å². The van der Waals surface area contributed by atoms with E-state index in [-0.39, 0.29) is 0 Å². The van der Waals surface area contributed by atoms with Crippen LogP contribution in [-0.4, -0.2) is 23.1 Å². The van der Waals surface area contributed by atoms with E-state index in [9.17, 15) is 0 Å². The van der Waals surface area contributed by atoms with E-state index in [4.69, 9.17) is 0 Å². The highest BCUT2D eigenvalue weighted by molar-refractivity contribution is 5.45. The number of aromatic nitrogens is 2. The Balaban J connectivity index is 0.000000121. The Kier molecular flexibility index (Phi) is 4.23. The molecule has 4 rings (SSSR count). The summed E-state index contributed by atoms with van der Waals surface area (Å²) in [5.41, 5.74) is 4.16. The van der Waals surface area contributed by atoms with Crippen molar-refractivity contribution < 1.29 is 0 Å². The van der Waals surface area contributed by atoms with Crippen LogP contribution in [0.3, 0.4) is 0 Å². The van der Waals surface area contributed by atoms with Crippen molar-refractivity contribution in [1.82, 2.24) is 15.3 Å². The number of nitrogens with one attached hydrogen (secondary N) is 2. The second-order valence-electron chi connectivity index (χ2n) is 5.11. The van der Waals surface area contributed by atoms with Gasteiger partial charge in [0.25, 0.3) is 0 Å². The average molecular weight is 268 g/mol. The zero-order valence-corrected chi connectivity index (χ0v) is 11.6. The van der Waals surface area contributed by atoms with Crippen molar-refractivity contribution in [1.29, 1.82) is 0 Å². The minimum absolute atomic E-state index is 1.01. The van der Waals surface area contributed by atoms with E-state index in [1.54, 1.807) is 0 Å². The molecule has 0 unspecified atom stereocenters. The summed E-state index contributed by atoms with van der Waals surface area (Å²) in [6.45, 7) is 3.18. The van der Waals surface area contributed by atoms with E-state index >= 15 is 0 Å². The smallest absolute Gasteiger partial charge is 0.129 e. The fourth-order valence-electron chi connectivity index (χ4n) is 2.58. The van der Waals surface area contributed by atoms with Gasteiger partial charge in [-0.3, -0.25) is 4.98 Å². The lowest BCUT2D eigenvalue weighted by atomic mass is 10.0. The summed E-state index contributed by atoms with van der Waals surface area (Å²) in [5.74, 6) is 1.08. The van der Waals surface area contributed by atoms with E-state index in [1.165, 1.54) is 29.5 Å². The largest absolute Gasteiger partial charge is 0.370 e. The molecule has 0 saturated heterocycles. The lowest BCUT2D eigenvalue weighted by Crippen LogP contribution is -2.23. The van der Waals surface area contributed by atoms with Gasteiger partial charge in [-0.25, -0.2) is 4.98 Å². The predicted octanol–water partition coefficient (Wildman–Crippen LogP) is 2.17. The minimum atomic E-state index is 1.01. The number of anilines is 1. The van der Waals surface area contributed by atoms with E-state index in [0.717, 1.165) is 31.9 Å². The van der Waals surface area contributed by atoms with Gasteiger partial charge in [-0.2, -0.15) is 0 Å². The van der Waals surface area contributed by atoms with Crippen LogP contribution in [0.25, 0.3) is 0 Å². The molecule has 2 aliphatic rings. The molecule has 4 heterocycles. The number of hydrogen-bond acceptors (Lipinski definition) is 4. The van der Waals surface area contributed by atoms with Crippen LogP contribution in [0.1, 0.15) is 23.1 Å². The lowest BCUT2D eigenvalue weighted by Gasteiger charge is -2.15. The Morgan fingerprint density at radius 1 is 0.950 bits per heavy atom. The summed E-state index contributed by atoms with van der Waals surface area (Å²) in [6, 6.07) is 6.21. The van der Waals surface area contributed by atoms with E-state index in [1.807, 2.05) is 24.7 Å². The molecular formula is C16H20N4. The minimum Gasteiger partial charge on any atom is -0.370 e. The third-order valence-electron chi connectivity index (χ3n) is 3.70. The van der Waals surface area contributed by atoms with Crippen molar-refractivity contribution in [2.75, 3.05) is 18.4 Å². The van der Waals surface area contributed by atoms with Crippen LogP contribution in [0.15, 0.2) is 36.8 Å². The molecule has 2 N–H and O–H groups in total. The number of fused-ring (bicyclic) bond motifs is 2. The van der Waals surface area contributed by atoms with Gasteiger partial charge in [0.15, 0.2) is 0 Å². The molecule has 0 saturated carbocycles. The zero-order chi connectivity index (χ0) is 13.6. The molecule has 20 heavy (non-hydrogen) atoms. The Hall–Kier alpha value is -1.94. The van der Waals surface area contributed by atoms with Crippen LogP contribution in [0.4, 0.5) is 5.82 Å². The Bertz CT molecular complexity index is 466. The first kappa shape index (κ1) is 13.1. The van der Waals surface area contributed by atoms with Gasteiger partial charge >= 0.3 is 0 Å². The molecule has 2 aliphatic heterocycles. The highest BCUT2D eigenvalue weighted by Gasteiger charge is 2.07. The lowest BCUT2D eigenvalue weighted by molar-refractivity contribution is 0.641. The van der Waals surface area contributed by atoms with Crippen molar-refractivity contribution in [2.24, 2.45) is 0 Å². The Morgan fingerprint density at radius 3 is 2.85 bits per heavy atom. The summed E-state index contributed by atoms with van der Waals surface area (Å²) in [5, 5.41) is 6.56. The summed E-state index contributed by atoms with van der Waals surface area (Å²) >= 11 is 0. The first-order valence-corrected chi connectivity index (χ1v) is 7.24. The predicted molar refractivity (Wildman–Crippen MR) is 80.7 cm³/mol. The maximum absolute atomic E-state index is 4.21. The first-order chi connectivity index (χ1) is 9.93. The molecule has 4 nitrogen and oxygen atoms in total. The van der Waals surface area contributed by atoms with Crippen LogP contribution in [0.2, 0.25) is 0 Å². The Labute approximate surface area is 119 Å². The maximum atomic E-state index is 4.21. The molecule has 0 aromatic carbocycles. The van der Waals surface area contributed by atoms with Gasteiger partial charge in [-0.05, 0) is 54.6 Å². The molecule has 4 heteroatoms. The number of aryl methyl sites for hydroxylation is 1. The zero-order valence-electron chi connectivity index (χ0n) is 11.6. The number of rotatable bonds is 0. The standard InChI is InChI=1S/2C8H10N2/c1-3-9-6-8-2-4-10-5-7(1)8;1-3-7-4-2-6-10-8(7)9-5-1/h1,3,6,10H,2,4-5H2;1,3,5H,2,4,6H2,(H,9,10). The number of pyridine rings is 2. The second kappa shape index (κ2) is 6.48. The van der Waals surface area contributed by atoms with E-state index < -0.39 is 0 Å². The van der Waals surface area contributed by atoms with Crippen molar-refractivity contribution >= 4 is 5.82 Å². The molecule has 0 amide bonds. The summed E-state index contributed by atoms with van der Waals surface area (Å²) < 4.78 is 0. The van der Waals surface area contributed by atoms with Gasteiger partial charge in [0.1, 0.15) is 5.82 Å². The van der Waals surface area contributed by atoms with Crippen LogP contribution < -0.4 is 10.6 Å². The van der Waals surface area contributed by atoms with Gasteiger partial charge in [-0.15, -0.1) is 0 Å². The molecule has 0 atom stereocenters. The van der Waals surface area contributed by atoms with Crippen molar-refractivity contribution in [2.45, 2.75) is 25.8 Å². The van der Waals surface area contributed by atoms with Gasteiger partial charge in [0.2, 0.25) is 0 Å². The topological polar surface area (TPSA) is 49.8 Å². The van der Waals surface area contributed by atoms with Gasteiger partial charge < -0.3 is 10.6 Å². The summed E-state index contributed by atoms with van der Waals surface area (Å²) in [7, 11) is 0. The van der Waals surface area contributed by atoms with E-state index in [0.29, 0.717) is 0 Å². The SMILES string of the molecule is c1cc2c(cn1)CCNC2.c1cnc2c(c1)CCCN2. The molecular weight excluding hydrogens is 248 g/mol. The molecule has 2 aromatic heterocycles. The van der Waals surface area contributed by atoms with Crippen molar-refractivity contribution in [3.63, 3.8) is 0 Å². The third kappa shape index (κ3) is 3.14. The molecule has 2 aromatic rings. The third-order valence-corrected chi connectivity index (χ3v) is 3.70. The monoisotopic (exact) mass is 268 g/mol.